The molecule has 2 aromatic carbocycles. The Morgan fingerprint density at radius 1 is 1.23 bits per heavy atom. The molecule has 138 valence electrons. The van der Waals surface area contributed by atoms with Gasteiger partial charge in [0.05, 0.1) is 4.90 Å². The molecule has 0 aromatic heterocycles. The summed E-state index contributed by atoms with van der Waals surface area (Å²) in [5.41, 5.74) is 2.69. The molecule has 1 amide bonds. The van der Waals surface area contributed by atoms with E-state index in [2.05, 4.69) is 4.72 Å². The fraction of sp³-hybridized carbons (Fsp3) is 0.316. The van der Waals surface area contributed by atoms with Crippen molar-refractivity contribution >= 4 is 33.2 Å². The third-order valence-corrected chi connectivity index (χ3v) is 6.25. The Morgan fingerprint density at radius 2 is 1.92 bits per heavy atom. The van der Waals surface area contributed by atoms with Gasteiger partial charge in [0.1, 0.15) is 0 Å². The Hall–Kier alpha value is -1.89. The molecule has 0 radical (unpaired) electrons. The van der Waals surface area contributed by atoms with Crippen molar-refractivity contribution in [1.82, 2.24) is 4.72 Å². The van der Waals surface area contributed by atoms with Crippen LogP contribution in [0.1, 0.15) is 25.0 Å². The first-order valence-electron chi connectivity index (χ1n) is 8.45. The highest BCUT2D eigenvalue weighted by Gasteiger charge is 2.30. The molecule has 1 aliphatic heterocycles. The molecule has 2 aromatic rings. The molecule has 1 N–H and O–H groups in total. The van der Waals surface area contributed by atoms with E-state index in [0.717, 1.165) is 16.8 Å². The fourth-order valence-electron chi connectivity index (χ4n) is 3.32. The summed E-state index contributed by atoms with van der Waals surface area (Å²) in [5, 5.41) is 0.654. The number of benzene rings is 2. The number of hydrogen-bond donors (Lipinski definition) is 1. The number of carbonyl (C=O) groups is 1. The highest BCUT2D eigenvalue weighted by atomic mass is 35.5. The van der Waals surface area contributed by atoms with Gasteiger partial charge in [-0.15, -0.1) is 0 Å². The molecule has 7 heteroatoms. The molecular formula is C19H21ClN2O3S. The molecular weight excluding hydrogens is 372 g/mol. The Labute approximate surface area is 159 Å². The van der Waals surface area contributed by atoms with Crippen molar-refractivity contribution in [2.24, 2.45) is 0 Å². The van der Waals surface area contributed by atoms with E-state index in [1.165, 1.54) is 6.92 Å². The lowest BCUT2D eigenvalue weighted by molar-refractivity contribution is -0.116. The summed E-state index contributed by atoms with van der Waals surface area (Å²) in [5.74, 6) is -0.0343. The van der Waals surface area contributed by atoms with E-state index in [0.29, 0.717) is 24.4 Å². The van der Waals surface area contributed by atoms with E-state index >= 15 is 0 Å². The summed E-state index contributed by atoms with van der Waals surface area (Å²) in [6.07, 6.45) is 1.24. The molecule has 5 nitrogen and oxygen atoms in total. The van der Waals surface area contributed by atoms with Crippen LogP contribution in [0.5, 0.6) is 0 Å². The smallest absolute Gasteiger partial charge is 0.240 e. The molecule has 3 rings (SSSR count). The van der Waals surface area contributed by atoms with Gasteiger partial charge in [0.2, 0.25) is 15.9 Å². The number of halogens is 1. The Bertz CT molecular complexity index is 926. The van der Waals surface area contributed by atoms with Gasteiger partial charge in [0.25, 0.3) is 0 Å². The van der Waals surface area contributed by atoms with Crippen LogP contribution in [0.4, 0.5) is 5.69 Å². The number of sulfonamides is 1. The van der Waals surface area contributed by atoms with E-state index in [1.54, 1.807) is 35.2 Å². The van der Waals surface area contributed by atoms with Crippen molar-refractivity contribution in [3.8, 4) is 0 Å². The average Bonchev–Trinajstić information content (AvgIpc) is 2.91. The largest absolute Gasteiger partial charge is 0.309 e. The maximum Gasteiger partial charge on any atom is 0.240 e. The number of carbonyl (C=O) groups excluding carboxylic acids is 1. The number of nitrogens with one attached hydrogen (secondary N) is 1. The highest BCUT2D eigenvalue weighted by molar-refractivity contribution is 7.89. The van der Waals surface area contributed by atoms with Crippen molar-refractivity contribution in [2.75, 3.05) is 11.4 Å². The maximum atomic E-state index is 12.6. The summed E-state index contributed by atoms with van der Waals surface area (Å²) in [4.78, 5) is 13.7. The first-order valence-corrected chi connectivity index (χ1v) is 10.3. The van der Waals surface area contributed by atoms with Crippen LogP contribution in [0.3, 0.4) is 0 Å². The number of amides is 1. The summed E-state index contributed by atoms with van der Waals surface area (Å²) in [7, 11) is -3.59. The number of nitrogens with zero attached hydrogens (tertiary/aromatic N) is 1. The molecule has 0 saturated carbocycles. The minimum atomic E-state index is -3.59. The second-order valence-corrected chi connectivity index (χ2v) is 8.71. The Balaban J connectivity index is 1.71. The molecule has 26 heavy (non-hydrogen) atoms. The zero-order chi connectivity index (χ0) is 18.9. The lowest BCUT2D eigenvalue weighted by Crippen LogP contribution is -2.33. The maximum absolute atomic E-state index is 12.6. The number of fused-ring (bicyclic) bond motifs is 1. The van der Waals surface area contributed by atoms with Crippen LogP contribution in [-0.2, 0) is 27.7 Å². The van der Waals surface area contributed by atoms with Crippen molar-refractivity contribution < 1.29 is 13.2 Å². The molecule has 0 spiro atoms. The third kappa shape index (κ3) is 3.92. The van der Waals surface area contributed by atoms with Gasteiger partial charge in [0.15, 0.2) is 0 Å². The zero-order valence-electron chi connectivity index (χ0n) is 14.7. The topological polar surface area (TPSA) is 66.5 Å². The van der Waals surface area contributed by atoms with Gasteiger partial charge >= 0.3 is 0 Å². The summed E-state index contributed by atoms with van der Waals surface area (Å²) >= 11 is 5.85. The van der Waals surface area contributed by atoms with Crippen LogP contribution >= 0.6 is 11.6 Å². The van der Waals surface area contributed by atoms with Gasteiger partial charge in [-0.2, -0.15) is 0 Å². The normalized spacial score (nSPS) is 16.6. The number of anilines is 1. The van der Waals surface area contributed by atoms with Crippen LogP contribution in [0.2, 0.25) is 5.02 Å². The quantitative estimate of drug-likeness (QED) is 0.849. The van der Waals surface area contributed by atoms with Gasteiger partial charge in [0, 0.05) is 30.2 Å². The van der Waals surface area contributed by atoms with E-state index in [9.17, 15) is 13.2 Å². The predicted molar refractivity (Wildman–Crippen MR) is 103 cm³/mol. The van der Waals surface area contributed by atoms with Gasteiger partial charge in [-0.25, -0.2) is 13.1 Å². The molecule has 0 bridgehead atoms. The first-order chi connectivity index (χ1) is 12.3. The number of hydrogen-bond acceptors (Lipinski definition) is 3. The molecule has 1 atom stereocenters. The van der Waals surface area contributed by atoms with Crippen molar-refractivity contribution in [2.45, 2.75) is 37.6 Å². The summed E-state index contributed by atoms with van der Waals surface area (Å²) in [6.45, 7) is 3.78. The van der Waals surface area contributed by atoms with Gasteiger partial charge in [-0.05, 0) is 61.2 Å². The zero-order valence-corrected chi connectivity index (χ0v) is 16.3. The van der Waals surface area contributed by atoms with Gasteiger partial charge in [-0.1, -0.05) is 23.7 Å². The monoisotopic (exact) mass is 392 g/mol. The molecule has 0 fully saturated rings. The fourth-order valence-corrected chi connectivity index (χ4v) is 4.53. The molecule has 1 heterocycles. The second kappa shape index (κ2) is 7.39. The molecule has 0 unspecified atom stereocenters. The van der Waals surface area contributed by atoms with E-state index in [4.69, 9.17) is 11.6 Å². The van der Waals surface area contributed by atoms with Crippen LogP contribution in [-0.4, -0.2) is 26.9 Å². The van der Waals surface area contributed by atoms with Crippen molar-refractivity contribution in [3.05, 3.63) is 58.6 Å². The van der Waals surface area contributed by atoms with Crippen LogP contribution in [0.15, 0.2) is 47.4 Å². The number of rotatable bonds is 5. The van der Waals surface area contributed by atoms with Gasteiger partial charge < -0.3 is 4.90 Å². The minimum Gasteiger partial charge on any atom is -0.309 e. The molecule has 1 aliphatic rings. The van der Waals surface area contributed by atoms with Crippen LogP contribution in [0.25, 0.3) is 0 Å². The predicted octanol–water partition coefficient (Wildman–Crippen LogP) is 3.16. The van der Waals surface area contributed by atoms with Crippen LogP contribution < -0.4 is 9.62 Å². The standard InChI is InChI=1S/C19H21ClN2O3S/c1-13-11-16-12-18(7-8-19(16)22(13)14(2)23)26(24,25)21-10-9-15-3-5-17(20)6-4-15/h3-8,12-13,21H,9-11H2,1-2H3/t13-/m1/s1. The average molecular weight is 393 g/mol. The van der Waals surface area contributed by atoms with E-state index in [1.807, 2.05) is 19.1 Å². The lowest BCUT2D eigenvalue weighted by Gasteiger charge is -2.20. The van der Waals surface area contributed by atoms with Gasteiger partial charge in [-0.3, -0.25) is 4.79 Å². The first kappa shape index (κ1) is 18.9. The SMILES string of the molecule is CC(=O)N1c2ccc(S(=O)(=O)NCCc3ccc(Cl)cc3)cc2C[C@H]1C. The Morgan fingerprint density at radius 3 is 2.58 bits per heavy atom. The summed E-state index contributed by atoms with van der Waals surface area (Å²) in [6, 6.07) is 12.3. The lowest BCUT2D eigenvalue weighted by atomic mass is 10.1. The summed E-state index contributed by atoms with van der Waals surface area (Å²) < 4.78 is 27.8. The highest BCUT2D eigenvalue weighted by Crippen LogP contribution is 2.33. The Kier molecular flexibility index (Phi) is 5.37. The van der Waals surface area contributed by atoms with Crippen molar-refractivity contribution in [3.63, 3.8) is 0 Å². The van der Waals surface area contributed by atoms with Crippen LogP contribution in [0, 0.1) is 0 Å². The third-order valence-electron chi connectivity index (χ3n) is 4.54. The molecule has 0 aliphatic carbocycles. The minimum absolute atomic E-state index is 0.0343. The van der Waals surface area contributed by atoms with E-state index < -0.39 is 10.0 Å². The molecule has 0 saturated heterocycles. The van der Waals surface area contributed by atoms with E-state index in [-0.39, 0.29) is 16.8 Å². The second-order valence-electron chi connectivity index (χ2n) is 6.51. The van der Waals surface area contributed by atoms with Crippen molar-refractivity contribution in [1.29, 1.82) is 0 Å².